The number of rotatable bonds is 7. The van der Waals surface area contributed by atoms with E-state index in [4.69, 9.17) is 26.8 Å². The Labute approximate surface area is 220 Å². The van der Waals surface area contributed by atoms with E-state index in [1.165, 1.54) is 12.4 Å². The van der Waals surface area contributed by atoms with Crippen LogP contribution >= 0.6 is 11.6 Å². The number of likely N-dealkylation sites (tertiary alicyclic amines) is 1. The van der Waals surface area contributed by atoms with Gasteiger partial charge < -0.3 is 25.4 Å². The zero-order valence-corrected chi connectivity index (χ0v) is 21.5. The Morgan fingerprint density at radius 3 is 2.57 bits per heavy atom. The van der Waals surface area contributed by atoms with E-state index in [1.807, 2.05) is 6.07 Å². The number of nitrogens with zero attached hydrogens (tertiary/aromatic N) is 3. The van der Waals surface area contributed by atoms with Crippen molar-refractivity contribution in [2.24, 2.45) is 11.7 Å². The van der Waals surface area contributed by atoms with Gasteiger partial charge in [-0.2, -0.15) is 0 Å². The number of nitrogens with two attached hydrogens (primary N) is 1. The van der Waals surface area contributed by atoms with Crippen LogP contribution in [-0.2, 0) is 4.79 Å². The van der Waals surface area contributed by atoms with Crippen molar-refractivity contribution >= 4 is 39.9 Å². The summed E-state index contributed by atoms with van der Waals surface area (Å²) < 4.78 is 26.5. The number of hydrogen-bond acceptors (Lipinski definition) is 7. The largest absolute Gasteiger partial charge is 0.493 e. The van der Waals surface area contributed by atoms with E-state index in [-0.39, 0.29) is 28.6 Å². The second-order valence-corrected chi connectivity index (χ2v) is 10.1. The number of primary amides is 1. The molecule has 0 spiro atoms. The van der Waals surface area contributed by atoms with Crippen LogP contribution in [0.4, 0.5) is 15.9 Å². The van der Waals surface area contributed by atoms with Crippen LogP contribution in [0, 0.1) is 11.7 Å². The fourth-order valence-corrected chi connectivity index (χ4v) is 5.57. The van der Waals surface area contributed by atoms with Gasteiger partial charge in [0.25, 0.3) is 0 Å². The first kappa shape index (κ1) is 25.5. The minimum absolute atomic E-state index is 0.00928. The smallest absolute Gasteiger partial charge is 0.220 e. The van der Waals surface area contributed by atoms with Crippen LogP contribution in [0.15, 0.2) is 36.7 Å². The quantitative estimate of drug-likeness (QED) is 0.442. The molecule has 1 aliphatic heterocycles. The zero-order chi connectivity index (χ0) is 25.9. The van der Waals surface area contributed by atoms with E-state index in [0.717, 1.165) is 51.6 Å². The van der Waals surface area contributed by atoms with E-state index >= 15 is 0 Å². The van der Waals surface area contributed by atoms with Crippen molar-refractivity contribution in [3.8, 4) is 11.5 Å². The number of ether oxygens (including phenoxy) is 2. The highest BCUT2D eigenvalue weighted by molar-refractivity contribution is 6.31. The Bertz CT molecular complexity index is 1280. The summed E-state index contributed by atoms with van der Waals surface area (Å²) in [5.74, 6) is 0.919. The SMILES string of the molecule is COc1cc2ncnc(Nc3cccc(Cl)c3F)c2cc1O[C@H]1CC[C@H](N2CCC(C(N)=O)CC2)CC1. The Hall–Kier alpha value is -3.17. The molecule has 1 saturated heterocycles. The van der Waals surface area contributed by atoms with Gasteiger partial charge in [0.2, 0.25) is 5.91 Å². The van der Waals surface area contributed by atoms with Gasteiger partial charge >= 0.3 is 0 Å². The number of hydrogen-bond donors (Lipinski definition) is 2. The topological polar surface area (TPSA) is 103 Å². The minimum atomic E-state index is -0.545. The number of aromatic nitrogens is 2. The van der Waals surface area contributed by atoms with E-state index in [1.54, 1.807) is 25.3 Å². The first-order valence-corrected chi connectivity index (χ1v) is 13.0. The van der Waals surface area contributed by atoms with Crippen LogP contribution in [0.25, 0.3) is 10.9 Å². The number of fused-ring (bicyclic) bond motifs is 1. The molecule has 2 aromatic carbocycles. The highest BCUT2D eigenvalue weighted by Crippen LogP contribution is 2.38. The van der Waals surface area contributed by atoms with Gasteiger partial charge in [-0.15, -0.1) is 0 Å². The molecule has 196 valence electrons. The summed E-state index contributed by atoms with van der Waals surface area (Å²) in [7, 11) is 1.60. The molecular formula is C27H31ClFN5O3. The number of piperidine rings is 1. The lowest BCUT2D eigenvalue weighted by Gasteiger charge is -2.40. The van der Waals surface area contributed by atoms with Gasteiger partial charge in [-0.05, 0) is 69.8 Å². The van der Waals surface area contributed by atoms with Gasteiger partial charge in [-0.3, -0.25) is 4.79 Å². The number of anilines is 2. The van der Waals surface area contributed by atoms with Gasteiger partial charge in [-0.1, -0.05) is 17.7 Å². The standard InChI is InChI=1S/C27H31ClFN5O3/c1-36-23-14-22-19(27(32-15-31-22)33-21-4-2-3-20(28)25(21)29)13-24(23)37-18-7-5-17(6-8-18)34-11-9-16(10-12-34)26(30)35/h2-4,13-18H,5-12H2,1H3,(H2,30,35)(H,31,32,33)/t17-,18-. The predicted molar refractivity (Wildman–Crippen MR) is 141 cm³/mol. The van der Waals surface area contributed by atoms with Crippen molar-refractivity contribution < 1.29 is 18.7 Å². The highest BCUT2D eigenvalue weighted by atomic mass is 35.5. The summed E-state index contributed by atoms with van der Waals surface area (Å²) in [6.45, 7) is 1.84. The Balaban J connectivity index is 1.29. The lowest BCUT2D eigenvalue weighted by molar-refractivity contribution is -0.123. The normalized spacial score (nSPS) is 21.1. The molecule has 0 bridgehead atoms. The van der Waals surface area contributed by atoms with E-state index < -0.39 is 5.82 Å². The maximum atomic E-state index is 14.5. The van der Waals surface area contributed by atoms with Crippen molar-refractivity contribution in [3.05, 3.63) is 47.5 Å². The fraction of sp³-hybridized carbons (Fsp3) is 0.444. The summed E-state index contributed by atoms with van der Waals surface area (Å²) in [6, 6.07) is 8.93. The van der Waals surface area contributed by atoms with Crippen molar-refractivity contribution in [1.29, 1.82) is 0 Å². The van der Waals surface area contributed by atoms with E-state index in [0.29, 0.717) is 34.3 Å². The third-order valence-corrected chi connectivity index (χ3v) is 7.80. The van der Waals surface area contributed by atoms with Gasteiger partial charge in [0, 0.05) is 23.4 Å². The third kappa shape index (κ3) is 5.57. The lowest BCUT2D eigenvalue weighted by atomic mass is 9.88. The van der Waals surface area contributed by atoms with Crippen LogP contribution in [0.3, 0.4) is 0 Å². The monoisotopic (exact) mass is 527 g/mol. The summed E-state index contributed by atoms with van der Waals surface area (Å²) in [6.07, 6.45) is 7.07. The molecule has 1 saturated carbocycles. The number of amides is 1. The molecule has 3 aromatic rings. The number of methoxy groups -OCH3 is 1. The molecule has 0 radical (unpaired) electrons. The number of halogens is 2. The Kier molecular flexibility index (Phi) is 7.62. The summed E-state index contributed by atoms with van der Waals surface area (Å²) in [4.78, 5) is 22.7. The van der Waals surface area contributed by atoms with E-state index in [2.05, 4.69) is 20.2 Å². The first-order chi connectivity index (χ1) is 17.9. The van der Waals surface area contributed by atoms with Crippen LogP contribution in [-0.4, -0.2) is 53.1 Å². The molecule has 3 N–H and O–H groups in total. The van der Waals surface area contributed by atoms with Crippen molar-refractivity contribution in [2.45, 2.75) is 50.7 Å². The maximum absolute atomic E-state index is 14.5. The fourth-order valence-electron chi connectivity index (χ4n) is 5.40. The first-order valence-electron chi connectivity index (χ1n) is 12.7. The second kappa shape index (κ2) is 11.1. The molecule has 37 heavy (non-hydrogen) atoms. The molecule has 1 amide bonds. The van der Waals surface area contributed by atoms with Gasteiger partial charge in [0.1, 0.15) is 12.1 Å². The average Bonchev–Trinajstić information content (AvgIpc) is 2.91. The Morgan fingerprint density at radius 2 is 1.86 bits per heavy atom. The molecule has 1 aromatic heterocycles. The minimum Gasteiger partial charge on any atom is -0.493 e. The number of nitrogens with one attached hydrogen (secondary N) is 1. The zero-order valence-electron chi connectivity index (χ0n) is 20.8. The van der Waals surface area contributed by atoms with Crippen molar-refractivity contribution in [1.82, 2.24) is 14.9 Å². The Morgan fingerprint density at radius 1 is 1.11 bits per heavy atom. The molecule has 0 atom stereocenters. The van der Waals surface area contributed by atoms with Crippen LogP contribution < -0.4 is 20.5 Å². The van der Waals surface area contributed by atoms with Crippen LogP contribution in [0.1, 0.15) is 38.5 Å². The average molecular weight is 528 g/mol. The number of carbonyl (C=O) groups excluding carboxylic acids is 1. The predicted octanol–water partition coefficient (Wildman–Crippen LogP) is 5.06. The summed E-state index contributed by atoms with van der Waals surface area (Å²) in [5, 5.41) is 3.75. The highest BCUT2D eigenvalue weighted by Gasteiger charge is 2.31. The molecule has 10 heteroatoms. The second-order valence-electron chi connectivity index (χ2n) is 9.73. The van der Waals surface area contributed by atoms with E-state index in [9.17, 15) is 9.18 Å². The molecule has 8 nitrogen and oxygen atoms in total. The molecule has 2 aliphatic rings. The number of benzene rings is 2. The van der Waals surface area contributed by atoms with Gasteiger partial charge in [-0.25, -0.2) is 14.4 Å². The van der Waals surface area contributed by atoms with Crippen LogP contribution in [0.5, 0.6) is 11.5 Å². The lowest BCUT2D eigenvalue weighted by Crippen LogP contribution is -2.46. The molecule has 2 heterocycles. The third-order valence-electron chi connectivity index (χ3n) is 7.51. The number of carbonyl (C=O) groups is 1. The molecule has 0 unspecified atom stereocenters. The molecular weight excluding hydrogens is 497 g/mol. The maximum Gasteiger partial charge on any atom is 0.220 e. The molecule has 2 fully saturated rings. The van der Waals surface area contributed by atoms with Crippen molar-refractivity contribution in [2.75, 3.05) is 25.5 Å². The molecule has 5 rings (SSSR count). The summed E-state index contributed by atoms with van der Waals surface area (Å²) >= 11 is 5.94. The van der Waals surface area contributed by atoms with Crippen LogP contribution in [0.2, 0.25) is 5.02 Å². The van der Waals surface area contributed by atoms with Gasteiger partial charge in [0.15, 0.2) is 17.3 Å². The summed E-state index contributed by atoms with van der Waals surface area (Å²) in [5.41, 5.74) is 6.35. The van der Waals surface area contributed by atoms with Gasteiger partial charge in [0.05, 0.1) is 29.4 Å². The van der Waals surface area contributed by atoms with Crippen molar-refractivity contribution in [3.63, 3.8) is 0 Å². The molecule has 1 aliphatic carbocycles.